The highest BCUT2D eigenvalue weighted by Gasteiger charge is 2.41. The van der Waals surface area contributed by atoms with E-state index in [0.29, 0.717) is 0 Å². The summed E-state index contributed by atoms with van der Waals surface area (Å²) in [6.45, 7) is 16.0. The van der Waals surface area contributed by atoms with Crippen LogP contribution >= 0.6 is 0 Å². The molecule has 34 heavy (non-hydrogen) atoms. The maximum atomic E-state index is 2.00. The first kappa shape index (κ1) is 32.0. The fourth-order valence-electron chi connectivity index (χ4n) is 7.48. The fraction of sp³-hybridized carbons (Fsp3) is 1.00. The van der Waals surface area contributed by atoms with Crippen LogP contribution in [-0.2, 0) is 0 Å². The van der Waals surface area contributed by atoms with Crippen molar-refractivity contribution < 1.29 is 0 Å². The maximum absolute atomic E-state index is 2.00. The van der Waals surface area contributed by atoms with Crippen molar-refractivity contribution in [3.8, 4) is 0 Å². The number of rotatable bonds is 0. The molecule has 11 saturated carbocycles. The van der Waals surface area contributed by atoms with E-state index in [0.717, 1.165) is 11.8 Å². The van der Waals surface area contributed by atoms with Gasteiger partial charge in [-0.2, -0.15) is 0 Å². The van der Waals surface area contributed by atoms with E-state index in [2.05, 4.69) is 0 Å². The molecular weight excluding hydrogens is 408 g/mol. The molecule has 0 N–H and O–H groups in total. The Bertz CT molecular complexity index is 364. The minimum absolute atomic E-state index is 1.15. The van der Waals surface area contributed by atoms with E-state index >= 15 is 0 Å². The first-order valence-electron chi connectivity index (χ1n) is 16.8. The number of fused-ring (bicyclic) bond motifs is 6. The Labute approximate surface area is 218 Å². The highest BCUT2D eigenvalue weighted by Crippen LogP contribution is 2.53. The van der Waals surface area contributed by atoms with Crippen LogP contribution in [0.15, 0.2) is 0 Å². The molecule has 11 aliphatic rings. The molecule has 0 heterocycles. The minimum atomic E-state index is 1.15. The zero-order valence-corrected chi connectivity index (χ0v) is 25.3. The summed E-state index contributed by atoms with van der Waals surface area (Å²) >= 11 is 0. The molecule has 0 aromatic carbocycles. The standard InChI is InChI=1S/C8H14.C7H12.C6H10.C5H8.4C2H6/c1-2-8-5-3-7(1)4-6-8;1-2-7-4-3-6(1)5-7;1-2-6-3-5(1)4-6;1-4-2-5(1)3-4;4*1-2/h7-8H,1-6H2;6-7H,1-5H2;5-6H,1-4H2;4-5H,1-3H2;4*1-2H3. The van der Waals surface area contributed by atoms with Crippen molar-refractivity contribution in [3.05, 3.63) is 0 Å². The first-order chi connectivity index (χ1) is 16.8. The van der Waals surface area contributed by atoms with Crippen molar-refractivity contribution in [3.63, 3.8) is 0 Å². The molecule has 204 valence electrons. The van der Waals surface area contributed by atoms with Crippen LogP contribution in [0.2, 0.25) is 0 Å². The molecule has 11 aliphatic carbocycles. The zero-order chi connectivity index (χ0) is 25.3. The Kier molecular flexibility index (Phi) is 18.0. The molecule has 0 aliphatic heterocycles. The van der Waals surface area contributed by atoms with Gasteiger partial charge < -0.3 is 0 Å². The van der Waals surface area contributed by atoms with Gasteiger partial charge in [0.05, 0.1) is 0 Å². The van der Waals surface area contributed by atoms with Crippen molar-refractivity contribution in [2.75, 3.05) is 0 Å². The van der Waals surface area contributed by atoms with Crippen molar-refractivity contribution in [1.82, 2.24) is 0 Å². The second-order valence-electron chi connectivity index (χ2n) is 11.8. The van der Waals surface area contributed by atoms with Gasteiger partial charge in [-0.25, -0.2) is 0 Å². The minimum Gasteiger partial charge on any atom is -0.0683 e. The normalized spacial score (nSPS) is 38.8. The van der Waals surface area contributed by atoms with Crippen molar-refractivity contribution in [2.24, 2.45) is 47.3 Å². The van der Waals surface area contributed by atoms with E-state index in [-0.39, 0.29) is 0 Å². The molecule has 11 rings (SSSR count). The largest absolute Gasteiger partial charge is 0.0683 e. The van der Waals surface area contributed by atoms with Crippen LogP contribution in [0.5, 0.6) is 0 Å². The molecule has 0 heteroatoms. The van der Waals surface area contributed by atoms with Gasteiger partial charge in [0.2, 0.25) is 0 Å². The van der Waals surface area contributed by atoms with Gasteiger partial charge in [-0.3, -0.25) is 0 Å². The third-order valence-electron chi connectivity index (χ3n) is 9.90. The van der Waals surface area contributed by atoms with Crippen LogP contribution in [0.1, 0.15) is 171 Å². The molecule has 8 bridgehead atoms. The summed E-state index contributed by atoms with van der Waals surface area (Å²) in [4.78, 5) is 0. The molecule has 0 saturated heterocycles. The van der Waals surface area contributed by atoms with Crippen molar-refractivity contribution >= 4 is 0 Å². The average molecular weight is 477 g/mol. The van der Waals surface area contributed by atoms with Crippen LogP contribution in [0.4, 0.5) is 0 Å². The van der Waals surface area contributed by atoms with E-state index in [4.69, 9.17) is 0 Å². The van der Waals surface area contributed by atoms with Gasteiger partial charge in [-0.1, -0.05) is 132 Å². The summed E-state index contributed by atoms with van der Waals surface area (Å²) in [5.74, 6) is 9.44. The Morgan fingerprint density at radius 2 is 0.353 bits per heavy atom. The molecular formula is C34H68. The second-order valence-corrected chi connectivity index (χ2v) is 11.8. The molecule has 0 amide bonds. The van der Waals surface area contributed by atoms with Crippen LogP contribution < -0.4 is 0 Å². The van der Waals surface area contributed by atoms with E-state index in [1.807, 2.05) is 55.4 Å². The molecule has 0 aromatic rings. The van der Waals surface area contributed by atoms with E-state index in [1.54, 1.807) is 116 Å². The van der Waals surface area contributed by atoms with E-state index in [1.165, 1.54) is 35.5 Å². The van der Waals surface area contributed by atoms with E-state index < -0.39 is 0 Å². The molecule has 0 radical (unpaired) electrons. The van der Waals surface area contributed by atoms with Gasteiger partial charge in [0, 0.05) is 0 Å². The van der Waals surface area contributed by atoms with Gasteiger partial charge in [0.15, 0.2) is 0 Å². The fourth-order valence-corrected chi connectivity index (χ4v) is 7.48. The van der Waals surface area contributed by atoms with Crippen LogP contribution in [-0.4, -0.2) is 0 Å². The van der Waals surface area contributed by atoms with Gasteiger partial charge >= 0.3 is 0 Å². The lowest BCUT2D eigenvalue weighted by Crippen LogP contribution is -2.38. The highest BCUT2D eigenvalue weighted by atomic mass is 14.5. The highest BCUT2D eigenvalue weighted by molar-refractivity contribution is 4.92. The van der Waals surface area contributed by atoms with E-state index in [9.17, 15) is 0 Å². The average Bonchev–Trinajstić information content (AvgIpc) is 3.68. The van der Waals surface area contributed by atoms with Crippen molar-refractivity contribution in [2.45, 2.75) is 171 Å². The topological polar surface area (TPSA) is 0 Å². The summed E-state index contributed by atoms with van der Waals surface area (Å²) in [6.07, 6.45) is 28.2. The SMILES string of the molecule is C1C2CC1C2.C1CC2CC1C2.C1CC2CCC1C2.C1CC2CCC1CC2.CC.CC.CC.CC. The molecule has 0 nitrogen and oxygen atoms in total. The Hall–Kier alpha value is 0. The lowest BCUT2D eigenvalue weighted by molar-refractivity contribution is 0.0198. The Balaban J connectivity index is 0.000000208. The summed E-state index contributed by atoms with van der Waals surface area (Å²) in [5.41, 5.74) is 0. The summed E-state index contributed by atoms with van der Waals surface area (Å²) in [7, 11) is 0. The summed E-state index contributed by atoms with van der Waals surface area (Å²) in [6, 6.07) is 0. The summed E-state index contributed by atoms with van der Waals surface area (Å²) < 4.78 is 0. The molecule has 0 unspecified atom stereocenters. The molecule has 0 aromatic heterocycles. The third kappa shape index (κ3) is 10.5. The van der Waals surface area contributed by atoms with Gasteiger partial charge in [0.1, 0.15) is 0 Å². The predicted molar refractivity (Wildman–Crippen MR) is 156 cm³/mol. The van der Waals surface area contributed by atoms with Gasteiger partial charge in [-0.15, -0.1) is 0 Å². The van der Waals surface area contributed by atoms with Crippen LogP contribution in [0.3, 0.4) is 0 Å². The third-order valence-corrected chi connectivity index (χ3v) is 9.90. The van der Waals surface area contributed by atoms with Crippen LogP contribution in [0, 0.1) is 47.3 Å². The maximum Gasteiger partial charge on any atom is -0.0406 e. The Morgan fingerprint density at radius 3 is 0.441 bits per heavy atom. The zero-order valence-electron chi connectivity index (χ0n) is 25.3. The predicted octanol–water partition coefficient (Wildman–Crippen LogP) is 12.1. The summed E-state index contributed by atoms with van der Waals surface area (Å²) in [5, 5.41) is 0. The monoisotopic (exact) mass is 477 g/mol. The number of hydrogen-bond acceptors (Lipinski definition) is 0. The smallest absolute Gasteiger partial charge is 0.0406 e. The van der Waals surface area contributed by atoms with Gasteiger partial charge in [0.25, 0.3) is 0 Å². The van der Waals surface area contributed by atoms with Crippen LogP contribution in [0.25, 0.3) is 0 Å². The quantitative estimate of drug-likeness (QED) is 0.326. The Morgan fingerprint density at radius 1 is 0.206 bits per heavy atom. The lowest BCUT2D eigenvalue weighted by atomic mass is 9.56. The second kappa shape index (κ2) is 19.2. The van der Waals surface area contributed by atoms with Crippen molar-refractivity contribution in [1.29, 1.82) is 0 Å². The van der Waals surface area contributed by atoms with Gasteiger partial charge in [-0.05, 0) is 85.9 Å². The first-order valence-corrected chi connectivity index (χ1v) is 16.8. The molecule has 0 atom stereocenters. The molecule has 11 fully saturated rings. The molecule has 0 spiro atoms. The lowest BCUT2D eigenvalue weighted by Gasteiger charge is -2.49. The number of hydrogen-bond donors (Lipinski definition) is 0.